The van der Waals surface area contributed by atoms with Crippen LogP contribution >= 0.6 is 0 Å². The quantitative estimate of drug-likeness (QED) is 0.613. The van der Waals surface area contributed by atoms with Crippen LogP contribution in [0.3, 0.4) is 0 Å². The summed E-state index contributed by atoms with van der Waals surface area (Å²) in [4.78, 5) is 24.9. The molecule has 4 N–H and O–H groups in total. The summed E-state index contributed by atoms with van der Waals surface area (Å²) in [6, 6.07) is -0.786. The van der Waals surface area contributed by atoms with E-state index in [-0.39, 0.29) is 18.1 Å². The molecule has 1 atom stereocenters. The number of nitrogens with zero attached hydrogens (tertiary/aromatic N) is 1. The second kappa shape index (κ2) is 8.08. The van der Waals surface area contributed by atoms with Crippen LogP contribution in [0.15, 0.2) is 0 Å². The second-order valence-corrected chi connectivity index (χ2v) is 4.64. The summed E-state index contributed by atoms with van der Waals surface area (Å²) in [6.45, 7) is 4.50. The Labute approximate surface area is 113 Å². The Morgan fingerprint density at radius 3 is 2.58 bits per heavy atom. The molecule has 19 heavy (non-hydrogen) atoms. The molecule has 3 amide bonds. The van der Waals surface area contributed by atoms with Gasteiger partial charge in [0, 0.05) is 26.7 Å². The van der Waals surface area contributed by atoms with Gasteiger partial charge < -0.3 is 15.8 Å². The highest BCUT2D eigenvalue weighted by Crippen LogP contribution is 2.15. The molecule has 0 aromatic carbocycles. The number of likely N-dealkylation sites (tertiary alicyclic amines) is 1. The third kappa shape index (κ3) is 5.14. The number of rotatable bonds is 5. The molecule has 110 valence electrons. The van der Waals surface area contributed by atoms with Crippen LogP contribution in [-0.2, 0) is 9.53 Å². The summed E-state index contributed by atoms with van der Waals surface area (Å²) in [5.74, 6) is -0.277. The molecule has 0 radical (unpaired) electrons. The Hall–Kier alpha value is -1.18. The smallest absolute Gasteiger partial charge is 0.321 e. The first-order chi connectivity index (χ1) is 9.08. The number of nitrogens with two attached hydrogens (primary N) is 1. The summed E-state index contributed by atoms with van der Waals surface area (Å²) >= 11 is 0. The van der Waals surface area contributed by atoms with Crippen molar-refractivity contribution >= 4 is 11.9 Å². The Kier molecular flexibility index (Phi) is 6.75. The van der Waals surface area contributed by atoms with Crippen LogP contribution in [0, 0.1) is 0 Å². The fourth-order valence-corrected chi connectivity index (χ4v) is 2.11. The minimum atomic E-state index is -0.474. The van der Waals surface area contributed by atoms with Crippen molar-refractivity contribution < 1.29 is 14.3 Å². The maximum Gasteiger partial charge on any atom is 0.321 e. The lowest BCUT2D eigenvalue weighted by Gasteiger charge is -2.35. The lowest BCUT2D eigenvalue weighted by molar-refractivity contribution is -0.125. The SMILES string of the molecule is CNC(=O)NC(=O)C(C)N1CCC(OCCN)CC1. The van der Waals surface area contributed by atoms with Crippen LogP contribution in [0.4, 0.5) is 4.79 Å². The first-order valence-electron chi connectivity index (χ1n) is 6.66. The number of hydrogen-bond acceptors (Lipinski definition) is 5. The van der Waals surface area contributed by atoms with Crippen LogP contribution in [0.5, 0.6) is 0 Å². The molecular weight excluding hydrogens is 248 g/mol. The number of amides is 3. The van der Waals surface area contributed by atoms with E-state index in [1.54, 1.807) is 6.92 Å². The van der Waals surface area contributed by atoms with Gasteiger partial charge in [-0.3, -0.25) is 15.0 Å². The topological polar surface area (TPSA) is 96.7 Å². The highest BCUT2D eigenvalue weighted by Gasteiger charge is 2.27. The molecule has 1 aliphatic heterocycles. The molecule has 0 saturated carbocycles. The molecule has 1 aliphatic rings. The maximum atomic E-state index is 11.8. The molecule has 0 aromatic rings. The van der Waals surface area contributed by atoms with Crippen LogP contribution in [-0.4, -0.2) is 62.3 Å². The van der Waals surface area contributed by atoms with E-state index >= 15 is 0 Å². The minimum Gasteiger partial charge on any atom is -0.377 e. The van der Waals surface area contributed by atoms with Crippen LogP contribution in [0.1, 0.15) is 19.8 Å². The van der Waals surface area contributed by atoms with Crippen molar-refractivity contribution in [2.24, 2.45) is 5.73 Å². The number of nitrogens with one attached hydrogen (secondary N) is 2. The van der Waals surface area contributed by atoms with E-state index in [1.165, 1.54) is 7.05 Å². The lowest BCUT2D eigenvalue weighted by Crippen LogP contribution is -2.51. The Bertz CT molecular complexity index is 303. The molecule has 7 heteroatoms. The van der Waals surface area contributed by atoms with Crippen molar-refractivity contribution in [2.45, 2.75) is 31.9 Å². The first-order valence-corrected chi connectivity index (χ1v) is 6.66. The van der Waals surface area contributed by atoms with Crippen molar-refractivity contribution in [3.8, 4) is 0 Å². The molecule has 1 heterocycles. The third-order valence-electron chi connectivity index (χ3n) is 3.34. The first kappa shape index (κ1) is 15.9. The normalized spacial score (nSPS) is 18.9. The third-order valence-corrected chi connectivity index (χ3v) is 3.34. The zero-order chi connectivity index (χ0) is 14.3. The molecule has 1 rings (SSSR count). The Balaban J connectivity index is 2.33. The standard InChI is InChI=1S/C12H24N4O3/c1-9(11(17)15-12(18)14-2)16-6-3-10(4-7-16)19-8-5-13/h9-10H,3-8,13H2,1-2H3,(H2,14,15,17,18). The molecule has 1 saturated heterocycles. The zero-order valence-corrected chi connectivity index (χ0v) is 11.6. The van der Waals surface area contributed by atoms with Gasteiger partial charge in [0.1, 0.15) is 0 Å². The molecule has 0 bridgehead atoms. The van der Waals surface area contributed by atoms with Gasteiger partial charge in [0.25, 0.3) is 0 Å². The summed E-state index contributed by atoms with van der Waals surface area (Å²) in [5.41, 5.74) is 5.39. The van der Waals surface area contributed by atoms with Gasteiger partial charge in [-0.25, -0.2) is 4.79 Å². The van der Waals surface area contributed by atoms with Gasteiger partial charge in [0.05, 0.1) is 18.8 Å². The number of hydrogen-bond donors (Lipinski definition) is 3. The molecular formula is C12H24N4O3. The molecule has 0 aliphatic carbocycles. The predicted octanol–water partition coefficient (Wildman–Crippen LogP) is -0.730. The van der Waals surface area contributed by atoms with E-state index in [0.29, 0.717) is 13.2 Å². The van der Waals surface area contributed by atoms with Gasteiger partial charge in [-0.2, -0.15) is 0 Å². The summed E-state index contributed by atoms with van der Waals surface area (Å²) in [7, 11) is 1.48. The van der Waals surface area contributed by atoms with Gasteiger partial charge in [-0.1, -0.05) is 0 Å². The largest absolute Gasteiger partial charge is 0.377 e. The van der Waals surface area contributed by atoms with Crippen LogP contribution < -0.4 is 16.4 Å². The number of carbonyl (C=O) groups excluding carboxylic acids is 2. The van der Waals surface area contributed by atoms with Gasteiger partial charge in [0.15, 0.2) is 0 Å². The van der Waals surface area contributed by atoms with Crippen molar-refractivity contribution in [2.75, 3.05) is 33.3 Å². The Morgan fingerprint density at radius 1 is 1.42 bits per heavy atom. The average Bonchev–Trinajstić information content (AvgIpc) is 2.44. The van der Waals surface area contributed by atoms with E-state index in [4.69, 9.17) is 10.5 Å². The van der Waals surface area contributed by atoms with E-state index in [0.717, 1.165) is 25.9 Å². The van der Waals surface area contributed by atoms with Gasteiger partial charge in [0.2, 0.25) is 5.91 Å². The second-order valence-electron chi connectivity index (χ2n) is 4.64. The van der Waals surface area contributed by atoms with Crippen molar-refractivity contribution in [1.29, 1.82) is 0 Å². The van der Waals surface area contributed by atoms with E-state index in [9.17, 15) is 9.59 Å². The lowest BCUT2D eigenvalue weighted by atomic mass is 10.1. The number of urea groups is 1. The number of piperidine rings is 1. The fraction of sp³-hybridized carbons (Fsp3) is 0.833. The van der Waals surface area contributed by atoms with Gasteiger partial charge in [-0.15, -0.1) is 0 Å². The van der Waals surface area contributed by atoms with E-state index in [2.05, 4.69) is 15.5 Å². The minimum absolute atomic E-state index is 0.231. The van der Waals surface area contributed by atoms with Crippen molar-refractivity contribution in [1.82, 2.24) is 15.5 Å². The number of ether oxygens (including phenoxy) is 1. The fourth-order valence-electron chi connectivity index (χ4n) is 2.11. The van der Waals surface area contributed by atoms with Crippen LogP contribution in [0.2, 0.25) is 0 Å². The van der Waals surface area contributed by atoms with E-state index in [1.807, 2.05) is 0 Å². The number of imide groups is 1. The highest BCUT2D eigenvalue weighted by molar-refractivity contribution is 5.96. The predicted molar refractivity (Wildman–Crippen MR) is 71.7 cm³/mol. The zero-order valence-electron chi connectivity index (χ0n) is 11.6. The molecule has 1 unspecified atom stereocenters. The number of carbonyl (C=O) groups is 2. The molecule has 0 spiro atoms. The molecule has 0 aromatic heterocycles. The maximum absolute atomic E-state index is 11.8. The molecule has 7 nitrogen and oxygen atoms in total. The van der Waals surface area contributed by atoms with Crippen molar-refractivity contribution in [3.05, 3.63) is 0 Å². The summed E-state index contributed by atoms with van der Waals surface area (Å²) in [5, 5.41) is 4.66. The highest BCUT2D eigenvalue weighted by atomic mass is 16.5. The van der Waals surface area contributed by atoms with E-state index < -0.39 is 6.03 Å². The average molecular weight is 272 g/mol. The van der Waals surface area contributed by atoms with Crippen molar-refractivity contribution in [3.63, 3.8) is 0 Å². The van der Waals surface area contributed by atoms with Crippen LogP contribution in [0.25, 0.3) is 0 Å². The molecule has 1 fully saturated rings. The monoisotopic (exact) mass is 272 g/mol. The van der Waals surface area contributed by atoms with Gasteiger partial charge >= 0.3 is 6.03 Å². The summed E-state index contributed by atoms with van der Waals surface area (Å²) < 4.78 is 5.59. The summed E-state index contributed by atoms with van der Waals surface area (Å²) in [6.07, 6.45) is 2.00. The Morgan fingerprint density at radius 2 is 2.05 bits per heavy atom. The van der Waals surface area contributed by atoms with Gasteiger partial charge in [-0.05, 0) is 19.8 Å².